The minimum absolute atomic E-state index is 0.0327. The third-order valence-electron chi connectivity index (χ3n) is 3.00. The van der Waals surface area contributed by atoms with Crippen molar-refractivity contribution in [1.29, 1.82) is 0 Å². The van der Waals surface area contributed by atoms with E-state index < -0.39 is 0 Å². The van der Waals surface area contributed by atoms with Gasteiger partial charge in [0.05, 0.1) is 9.77 Å². The fourth-order valence-corrected chi connectivity index (χ4v) is 4.16. The molecule has 114 valence electrons. The summed E-state index contributed by atoms with van der Waals surface area (Å²) in [5.74, 6) is -0.0327. The standard InChI is InChI=1S/C13H18N4OS3/c1-9-5-7-15-17(9)8-4-6-14-11(18)10-12(19-2)16-21-13(10)20-3/h5,7H,4,6,8H2,1-3H3,(H,14,18). The molecule has 0 spiro atoms. The predicted molar refractivity (Wildman–Crippen MR) is 89.6 cm³/mol. The van der Waals surface area contributed by atoms with Crippen LogP contribution in [-0.4, -0.2) is 39.1 Å². The topological polar surface area (TPSA) is 59.8 Å². The molecule has 1 N–H and O–H groups in total. The van der Waals surface area contributed by atoms with Gasteiger partial charge in [-0.05, 0) is 43.5 Å². The van der Waals surface area contributed by atoms with Gasteiger partial charge in [-0.25, -0.2) is 0 Å². The smallest absolute Gasteiger partial charge is 0.256 e. The highest BCUT2D eigenvalue weighted by Gasteiger charge is 2.19. The summed E-state index contributed by atoms with van der Waals surface area (Å²) >= 11 is 4.46. The second-order valence-corrected chi connectivity index (χ2v) is 7.01. The maximum Gasteiger partial charge on any atom is 0.256 e. The van der Waals surface area contributed by atoms with Crippen LogP contribution in [0.5, 0.6) is 0 Å². The van der Waals surface area contributed by atoms with Crippen molar-refractivity contribution in [2.75, 3.05) is 19.1 Å². The number of hydrogen-bond donors (Lipinski definition) is 1. The maximum atomic E-state index is 12.3. The molecule has 2 heterocycles. The van der Waals surface area contributed by atoms with Gasteiger partial charge in [-0.15, -0.1) is 23.5 Å². The van der Waals surface area contributed by atoms with Crippen LogP contribution in [0.1, 0.15) is 22.5 Å². The van der Waals surface area contributed by atoms with Crippen molar-refractivity contribution in [2.24, 2.45) is 0 Å². The lowest BCUT2D eigenvalue weighted by molar-refractivity contribution is 0.0947. The molecule has 2 aromatic heterocycles. The summed E-state index contributed by atoms with van der Waals surface area (Å²) in [6.45, 7) is 3.47. The van der Waals surface area contributed by atoms with E-state index in [4.69, 9.17) is 0 Å². The third-order valence-corrected chi connectivity index (χ3v) is 5.74. The van der Waals surface area contributed by atoms with Gasteiger partial charge in [0.15, 0.2) is 0 Å². The van der Waals surface area contributed by atoms with Gasteiger partial charge < -0.3 is 5.32 Å². The second kappa shape index (κ2) is 7.86. The molecule has 21 heavy (non-hydrogen) atoms. The zero-order valence-electron chi connectivity index (χ0n) is 12.3. The molecule has 0 atom stereocenters. The second-order valence-electron chi connectivity index (χ2n) is 4.36. The Balaban J connectivity index is 1.87. The molecule has 0 unspecified atom stereocenters. The largest absolute Gasteiger partial charge is 0.352 e. The van der Waals surface area contributed by atoms with Crippen LogP contribution >= 0.6 is 35.1 Å². The summed E-state index contributed by atoms with van der Waals surface area (Å²) < 4.78 is 7.23. The molecule has 8 heteroatoms. The molecule has 2 aromatic rings. The highest BCUT2D eigenvalue weighted by atomic mass is 32.2. The van der Waals surface area contributed by atoms with E-state index in [0.717, 1.165) is 33.5 Å². The zero-order valence-corrected chi connectivity index (χ0v) is 14.7. The average Bonchev–Trinajstić information content (AvgIpc) is 3.09. The van der Waals surface area contributed by atoms with Crippen molar-refractivity contribution in [1.82, 2.24) is 19.5 Å². The SMILES string of the molecule is CSc1nsc(SC)c1C(=O)NCCCn1nccc1C. The number of thioether (sulfide) groups is 2. The number of rotatable bonds is 7. The third kappa shape index (κ3) is 4.02. The number of nitrogens with one attached hydrogen (secondary N) is 1. The Hall–Kier alpha value is -0.990. The van der Waals surface area contributed by atoms with Crippen LogP contribution in [-0.2, 0) is 6.54 Å². The van der Waals surface area contributed by atoms with Crippen molar-refractivity contribution in [3.05, 3.63) is 23.5 Å². The number of amides is 1. The van der Waals surface area contributed by atoms with Crippen molar-refractivity contribution in [2.45, 2.75) is 29.1 Å². The van der Waals surface area contributed by atoms with E-state index in [9.17, 15) is 4.79 Å². The normalized spacial score (nSPS) is 10.8. The zero-order chi connectivity index (χ0) is 15.2. The van der Waals surface area contributed by atoms with Crippen molar-refractivity contribution in [3.8, 4) is 0 Å². The van der Waals surface area contributed by atoms with Crippen molar-refractivity contribution in [3.63, 3.8) is 0 Å². The molecule has 0 aliphatic carbocycles. The summed E-state index contributed by atoms with van der Waals surface area (Å²) in [5.41, 5.74) is 1.85. The summed E-state index contributed by atoms with van der Waals surface area (Å²) in [7, 11) is 0. The lowest BCUT2D eigenvalue weighted by atomic mass is 10.3. The van der Waals surface area contributed by atoms with E-state index in [1.807, 2.05) is 30.2 Å². The Morgan fingerprint density at radius 3 is 2.86 bits per heavy atom. The molecular weight excluding hydrogens is 324 g/mol. The van der Waals surface area contributed by atoms with Crippen LogP contribution in [0.25, 0.3) is 0 Å². The molecule has 0 bridgehead atoms. The van der Waals surface area contributed by atoms with Gasteiger partial charge >= 0.3 is 0 Å². The van der Waals surface area contributed by atoms with Crippen molar-refractivity contribution < 1.29 is 4.79 Å². The van der Waals surface area contributed by atoms with E-state index in [2.05, 4.69) is 14.8 Å². The minimum Gasteiger partial charge on any atom is -0.352 e. The number of carbonyl (C=O) groups excluding carboxylic acids is 1. The number of nitrogens with zero attached hydrogens (tertiary/aromatic N) is 3. The molecule has 1 amide bonds. The quantitative estimate of drug-likeness (QED) is 0.619. The molecule has 0 aromatic carbocycles. The first kappa shape index (κ1) is 16.4. The maximum absolute atomic E-state index is 12.3. The van der Waals surface area contributed by atoms with Crippen molar-refractivity contribution >= 4 is 41.0 Å². The van der Waals surface area contributed by atoms with E-state index in [1.54, 1.807) is 18.0 Å². The number of aromatic nitrogens is 3. The molecular formula is C13H18N4OS3. The van der Waals surface area contributed by atoms with E-state index in [-0.39, 0.29) is 5.91 Å². The fraction of sp³-hybridized carbons (Fsp3) is 0.462. The van der Waals surface area contributed by atoms with Crippen LogP contribution in [0.15, 0.2) is 21.5 Å². The summed E-state index contributed by atoms with van der Waals surface area (Å²) in [4.78, 5) is 12.3. The fourth-order valence-electron chi connectivity index (χ4n) is 1.88. The highest BCUT2D eigenvalue weighted by Crippen LogP contribution is 2.32. The first-order valence-corrected chi connectivity index (χ1v) is 9.74. The molecule has 2 rings (SSSR count). The van der Waals surface area contributed by atoms with Gasteiger partial charge in [0.2, 0.25) is 0 Å². The first-order valence-electron chi connectivity index (χ1n) is 6.51. The lowest BCUT2D eigenvalue weighted by Crippen LogP contribution is -2.26. The Morgan fingerprint density at radius 1 is 1.43 bits per heavy atom. The van der Waals surface area contributed by atoms with Crippen LogP contribution in [0, 0.1) is 6.92 Å². The molecule has 0 fully saturated rings. The summed E-state index contributed by atoms with van der Waals surface area (Å²) in [5, 5.41) is 8.01. The Labute approximate surface area is 137 Å². The molecule has 5 nitrogen and oxygen atoms in total. The van der Waals surface area contributed by atoms with Gasteiger partial charge in [0.1, 0.15) is 5.03 Å². The number of hydrogen-bond acceptors (Lipinski definition) is 6. The Kier molecular flexibility index (Phi) is 6.13. The van der Waals surface area contributed by atoms with Gasteiger partial charge in [-0.1, -0.05) is 0 Å². The number of carbonyl (C=O) groups is 1. The van der Waals surface area contributed by atoms with Crippen LogP contribution in [0.3, 0.4) is 0 Å². The first-order chi connectivity index (χ1) is 10.2. The highest BCUT2D eigenvalue weighted by molar-refractivity contribution is 8.01. The van der Waals surface area contributed by atoms with Crippen LogP contribution < -0.4 is 5.32 Å². The summed E-state index contributed by atoms with van der Waals surface area (Å²) in [6, 6.07) is 1.98. The summed E-state index contributed by atoms with van der Waals surface area (Å²) in [6.07, 6.45) is 6.56. The molecule has 0 radical (unpaired) electrons. The van der Waals surface area contributed by atoms with Gasteiger partial charge in [-0.3, -0.25) is 9.48 Å². The van der Waals surface area contributed by atoms with E-state index in [0.29, 0.717) is 6.54 Å². The van der Waals surface area contributed by atoms with Gasteiger partial charge in [-0.2, -0.15) is 9.47 Å². The lowest BCUT2D eigenvalue weighted by Gasteiger charge is -2.07. The van der Waals surface area contributed by atoms with Gasteiger partial charge in [0, 0.05) is 25.0 Å². The average molecular weight is 343 g/mol. The van der Waals surface area contributed by atoms with E-state index in [1.165, 1.54) is 23.3 Å². The van der Waals surface area contributed by atoms with E-state index >= 15 is 0 Å². The minimum atomic E-state index is -0.0327. The molecule has 0 saturated heterocycles. The van der Waals surface area contributed by atoms with Gasteiger partial charge in [0.25, 0.3) is 5.91 Å². The predicted octanol–water partition coefficient (Wildman–Crippen LogP) is 2.91. The van der Waals surface area contributed by atoms with Crippen LogP contribution in [0.4, 0.5) is 0 Å². The molecule has 0 aliphatic rings. The molecule has 0 saturated carbocycles. The Bertz CT molecular complexity index is 587. The monoisotopic (exact) mass is 342 g/mol. The Morgan fingerprint density at radius 2 is 2.24 bits per heavy atom. The number of aryl methyl sites for hydroxylation is 2. The molecule has 0 aliphatic heterocycles. The van der Waals surface area contributed by atoms with Crippen LogP contribution in [0.2, 0.25) is 0 Å².